The molecule has 3 rings (SSSR count). The SMILES string of the molecule is COc1ccc(C(=O)Nc2cccc(F)c2)cc1COCc1ccccc1. The average molecular weight is 365 g/mol. The van der Waals surface area contributed by atoms with Crippen LogP contribution >= 0.6 is 0 Å². The Balaban J connectivity index is 1.69. The molecule has 0 heterocycles. The number of carbonyl (C=O) groups is 1. The Labute approximate surface area is 157 Å². The van der Waals surface area contributed by atoms with Crippen molar-refractivity contribution in [1.29, 1.82) is 0 Å². The zero-order valence-corrected chi connectivity index (χ0v) is 14.9. The highest BCUT2D eigenvalue weighted by molar-refractivity contribution is 6.04. The summed E-state index contributed by atoms with van der Waals surface area (Å²) in [5, 5.41) is 2.69. The zero-order valence-electron chi connectivity index (χ0n) is 14.9. The summed E-state index contributed by atoms with van der Waals surface area (Å²) in [7, 11) is 1.57. The van der Waals surface area contributed by atoms with Crippen molar-refractivity contribution >= 4 is 11.6 Å². The summed E-state index contributed by atoms with van der Waals surface area (Å²) in [6.45, 7) is 0.767. The molecule has 0 radical (unpaired) electrons. The second-order valence-corrected chi connectivity index (χ2v) is 5.97. The van der Waals surface area contributed by atoms with Crippen molar-refractivity contribution in [2.24, 2.45) is 0 Å². The Morgan fingerprint density at radius 1 is 0.963 bits per heavy atom. The van der Waals surface area contributed by atoms with E-state index in [0.29, 0.717) is 30.2 Å². The van der Waals surface area contributed by atoms with Gasteiger partial charge in [0.1, 0.15) is 11.6 Å². The van der Waals surface area contributed by atoms with Gasteiger partial charge in [-0.2, -0.15) is 0 Å². The van der Waals surface area contributed by atoms with E-state index in [4.69, 9.17) is 9.47 Å². The summed E-state index contributed by atoms with van der Waals surface area (Å²) in [6.07, 6.45) is 0. The van der Waals surface area contributed by atoms with E-state index in [1.807, 2.05) is 30.3 Å². The van der Waals surface area contributed by atoms with Crippen molar-refractivity contribution in [2.75, 3.05) is 12.4 Å². The first-order valence-corrected chi connectivity index (χ1v) is 8.51. The van der Waals surface area contributed by atoms with E-state index >= 15 is 0 Å². The Kier molecular flexibility index (Phi) is 6.18. The van der Waals surface area contributed by atoms with Crippen molar-refractivity contribution in [3.05, 3.63) is 95.3 Å². The van der Waals surface area contributed by atoms with Gasteiger partial charge in [-0.05, 0) is 42.0 Å². The lowest BCUT2D eigenvalue weighted by molar-refractivity contribution is 0.102. The fraction of sp³-hybridized carbons (Fsp3) is 0.136. The van der Waals surface area contributed by atoms with E-state index in [9.17, 15) is 9.18 Å². The van der Waals surface area contributed by atoms with Gasteiger partial charge < -0.3 is 14.8 Å². The summed E-state index contributed by atoms with van der Waals surface area (Å²) in [5.74, 6) is -0.0875. The van der Waals surface area contributed by atoms with E-state index in [0.717, 1.165) is 11.1 Å². The Morgan fingerprint density at radius 2 is 1.78 bits per heavy atom. The monoisotopic (exact) mass is 365 g/mol. The molecule has 0 aliphatic rings. The minimum absolute atomic E-state index is 0.305. The van der Waals surface area contributed by atoms with E-state index in [1.54, 1.807) is 37.4 Å². The molecular formula is C22H20FNO3. The van der Waals surface area contributed by atoms with Gasteiger partial charge in [0.2, 0.25) is 0 Å². The van der Waals surface area contributed by atoms with Crippen LogP contribution in [-0.4, -0.2) is 13.0 Å². The van der Waals surface area contributed by atoms with Crippen LogP contribution in [0.3, 0.4) is 0 Å². The van der Waals surface area contributed by atoms with Gasteiger partial charge in [-0.3, -0.25) is 4.79 Å². The maximum absolute atomic E-state index is 13.3. The number of ether oxygens (including phenoxy) is 2. The first-order chi connectivity index (χ1) is 13.2. The second kappa shape index (κ2) is 8.96. The van der Waals surface area contributed by atoms with E-state index in [2.05, 4.69) is 5.32 Å². The van der Waals surface area contributed by atoms with Crippen LogP contribution in [0, 0.1) is 5.82 Å². The predicted octanol–water partition coefficient (Wildman–Crippen LogP) is 4.80. The number of halogens is 1. The summed E-state index contributed by atoms with van der Waals surface area (Å²) >= 11 is 0. The van der Waals surface area contributed by atoms with Crippen LogP contribution in [0.1, 0.15) is 21.5 Å². The molecule has 0 saturated carbocycles. The van der Waals surface area contributed by atoms with E-state index in [-0.39, 0.29) is 5.91 Å². The molecule has 3 aromatic rings. The highest BCUT2D eigenvalue weighted by atomic mass is 19.1. The molecule has 4 nitrogen and oxygen atoms in total. The molecule has 0 spiro atoms. The number of amides is 1. The number of methoxy groups -OCH3 is 1. The predicted molar refractivity (Wildman–Crippen MR) is 102 cm³/mol. The second-order valence-electron chi connectivity index (χ2n) is 5.97. The van der Waals surface area contributed by atoms with Crippen LogP contribution in [0.2, 0.25) is 0 Å². The fourth-order valence-electron chi connectivity index (χ4n) is 2.66. The third kappa shape index (κ3) is 5.15. The molecule has 0 aliphatic carbocycles. The van der Waals surface area contributed by atoms with Gasteiger partial charge in [0.15, 0.2) is 0 Å². The summed E-state index contributed by atoms with van der Waals surface area (Å²) in [5.41, 5.74) is 2.67. The zero-order chi connectivity index (χ0) is 19.1. The number of benzene rings is 3. The molecule has 3 aromatic carbocycles. The molecule has 5 heteroatoms. The van der Waals surface area contributed by atoms with Gasteiger partial charge in [-0.15, -0.1) is 0 Å². The van der Waals surface area contributed by atoms with Crippen LogP contribution in [-0.2, 0) is 18.0 Å². The fourth-order valence-corrected chi connectivity index (χ4v) is 2.66. The minimum Gasteiger partial charge on any atom is -0.496 e. The summed E-state index contributed by atoms with van der Waals surface area (Å²) in [6, 6.07) is 20.7. The smallest absolute Gasteiger partial charge is 0.255 e. The van der Waals surface area contributed by atoms with Crippen LogP contribution in [0.25, 0.3) is 0 Å². The Bertz CT molecular complexity index is 912. The van der Waals surface area contributed by atoms with Crippen molar-refractivity contribution in [2.45, 2.75) is 13.2 Å². The maximum atomic E-state index is 13.3. The molecule has 0 aromatic heterocycles. The van der Waals surface area contributed by atoms with Gasteiger partial charge in [-0.25, -0.2) is 4.39 Å². The Morgan fingerprint density at radius 3 is 2.52 bits per heavy atom. The lowest BCUT2D eigenvalue weighted by Gasteiger charge is -2.12. The number of hydrogen-bond acceptors (Lipinski definition) is 3. The molecular weight excluding hydrogens is 345 g/mol. The number of nitrogens with one attached hydrogen (secondary N) is 1. The highest BCUT2D eigenvalue weighted by Gasteiger charge is 2.11. The van der Waals surface area contributed by atoms with Gasteiger partial charge in [-0.1, -0.05) is 36.4 Å². The van der Waals surface area contributed by atoms with Gasteiger partial charge >= 0.3 is 0 Å². The standard InChI is InChI=1S/C22H20FNO3/c1-26-21-11-10-17(22(25)24-20-9-5-8-19(23)13-20)12-18(21)15-27-14-16-6-3-2-4-7-16/h2-13H,14-15H2,1H3,(H,24,25). The first-order valence-electron chi connectivity index (χ1n) is 8.51. The number of carbonyl (C=O) groups excluding carboxylic acids is 1. The minimum atomic E-state index is -0.405. The molecule has 138 valence electrons. The molecule has 27 heavy (non-hydrogen) atoms. The number of hydrogen-bond donors (Lipinski definition) is 1. The quantitative estimate of drug-likeness (QED) is 0.654. The van der Waals surface area contributed by atoms with E-state index in [1.165, 1.54) is 12.1 Å². The highest BCUT2D eigenvalue weighted by Crippen LogP contribution is 2.22. The lowest BCUT2D eigenvalue weighted by Crippen LogP contribution is -2.12. The first kappa shape index (κ1) is 18.6. The van der Waals surface area contributed by atoms with Gasteiger partial charge in [0.05, 0.1) is 20.3 Å². The van der Waals surface area contributed by atoms with Crippen LogP contribution in [0.15, 0.2) is 72.8 Å². The molecule has 0 fully saturated rings. The summed E-state index contributed by atoms with van der Waals surface area (Å²) < 4.78 is 24.4. The summed E-state index contributed by atoms with van der Waals surface area (Å²) in [4.78, 5) is 12.5. The topological polar surface area (TPSA) is 47.6 Å². The van der Waals surface area contributed by atoms with Crippen LogP contribution in [0.4, 0.5) is 10.1 Å². The third-order valence-electron chi connectivity index (χ3n) is 3.99. The largest absolute Gasteiger partial charge is 0.496 e. The third-order valence-corrected chi connectivity index (χ3v) is 3.99. The normalized spacial score (nSPS) is 10.4. The number of rotatable bonds is 7. The molecule has 1 amide bonds. The molecule has 1 N–H and O–H groups in total. The molecule has 0 bridgehead atoms. The average Bonchev–Trinajstić information content (AvgIpc) is 2.69. The maximum Gasteiger partial charge on any atom is 0.255 e. The number of anilines is 1. The Hall–Kier alpha value is -3.18. The van der Waals surface area contributed by atoms with Crippen molar-refractivity contribution in [1.82, 2.24) is 0 Å². The molecule has 0 aliphatic heterocycles. The van der Waals surface area contributed by atoms with E-state index < -0.39 is 5.82 Å². The molecule has 0 unspecified atom stereocenters. The van der Waals surface area contributed by atoms with Gasteiger partial charge in [0, 0.05) is 16.8 Å². The van der Waals surface area contributed by atoms with Crippen molar-refractivity contribution in [3.63, 3.8) is 0 Å². The molecule has 0 saturated heterocycles. The molecule has 0 atom stereocenters. The van der Waals surface area contributed by atoms with Crippen LogP contribution in [0.5, 0.6) is 5.75 Å². The van der Waals surface area contributed by atoms with Crippen LogP contribution < -0.4 is 10.1 Å². The van der Waals surface area contributed by atoms with Crippen molar-refractivity contribution < 1.29 is 18.7 Å². The van der Waals surface area contributed by atoms with Crippen molar-refractivity contribution in [3.8, 4) is 5.75 Å². The lowest BCUT2D eigenvalue weighted by atomic mass is 10.1. The van der Waals surface area contributed by atoms with Gasteiger partial charge in [0.25, 0.3) is 5.91 Å².